The summed E-state index contributed by atoms with van der Waals surface area (Å²) in [5, 5.41) is 0.411. The molecular formula is C15H13ClNa2O9S2. The molecule has 0 radical (unpaired) electrons. The van der Waals surface area contributed by atoms with Gasteiger partial charge in [0.25, 0.3) is 0 Å². The Morgan fingerprint density at radius 1 is 0.862 bits per heavy atom. The van der Waals surface area contributed by atoms with Crippen LogP contribution in [0, 0.1) is 0 Å². The molecule has 0 spiro atoms. The van der Waals surface area contributed by atoms with E-state index in [-0.39, 0.29) is 64.9 Å². The Labute approximate surface area is 218 Å². The van der Waals surface area contributed by atoms with Gasteiger partial charge in [0.15, 0.2) is 6.10 Å². The second-order valence-corrected chi connectivity index (χ2v) is 7.64. The van der Waals surface area contributed by atoms with Crippen LogP contribution in [0.3, 0.4) is 0 Å². The molecule has 2 aromatic rings. The van der Waals surface area contributed by atoms with Crippen molar-refractivity contribution in [3.05, 3.63) is 65.2 Å². The third kappa shape index (κ3) is 11.5. The van der Waals surface area contributed by atoms with Gasteiger partial charge in [0.2, 0.25) is 20.8 Å². The third-order valence-corrected chi connectivity index (χ3v) is 4.32. The Bertz CT molecular complexity index is 955. The van der Waals surface area contributed by atoms with Crippen LogP contribution >= 0.6 is 11.6 Å². The van der Waals surface area contributed by atoms with Gasteiger partial charge in [-0.15, -0.1) is 0 Å². The minimum absolute atomic E-state index is 0. The van der Waals surface area contributed by atoms with E-state index in [1.807, 2.05) is 0 Å². The van der Waals surface area contributed by atoms with Gasteiger partial charge >= 0.3 is 59.1 Å². The molecule has 2 aromatic carbocycles. The van der Waals surface area contributed by atoms with Crippen molar-refractivity contribution in [1.82, 2.24) is 0 Å². The first-order chi connectivity index (χ1) is 12.5. The first-order valence-corrected chi connectivity index (χ1v) is 10.3. The fourth-order valence-corrected chi connectivity index (χ4v) is 3.01. The van der Waals surface area contributed by atoms with Crippen molar-refractivity contribution in [1.29, 1.82) is 0 Å². The topological polar surface area (TPSA) is 142 Å². The van der Waals surface area contributed by atoms with Gasteiger partial charge in [-0.3, -0.25) is 8.37 Å². The average Bonchev–Trinajstić information content (AvgIpc) is 2.57. The van der Waals surface area contributed by atoms with Crippen molar-refractivity contribution in [2.24, 2.45) is 0 Å². The summed E-state index contributed by atoms with van der Waals surface area (Å²) >= 11 is 5.79. The molecule has 0 saturated carbocycles. The van der Waals surface area contributed by atoms with Crippen molar-refractivity contribution in [3.8, 4) is 5.75 Å². The molecule has 0 aliphatic heterocycles. The van der Waals surface area contributed by atoms with Gasteiger partial charge in [0.1, 0.15) is 11.9 Å². The smallest absolute Gasteiger partial charge is 0.726 e. The van der Waals surface area contributed by atoms with Crippen LogP contribution in [0.25, 0.3) is 0 Å². The first-order valence-electron chi connectivity index (χ1n) is 7.25. The number of hydrogen-bond acceptors (Lipinski definition) is 9. The number of rotatable bonds is 9. The van der Waals surface area contributed by atoms with Gasteiger partial charge in [-0.2, -0.15) is 0 Å². The summed E-state index contributed by atoms with van der Waals surface area (Å²) in [5.74, 6) is 0.218. The van der Waals surface area contributed by atoms with Crippen molar-refractivity contribution in [2.45, 2.75) is 12.2 Å². The SMILES string of the molecule is O=S(=O)([O-])OCC(OS(=O)(=O)[O-])C(Oc1ccc(Cl)cc1)c1ccccc1.[Na+].[Na+]. The summed E-state index contributed by atoms with van der Waals surface area (Å²) in [5.41, 5.74) is 0.341. The Morgan fingerprint density at radius 3 is 1.90 bits per heavy atom. The minimum atomic E-state index is -5.27. The number of benzene rings is 2. The number of ether oxygens (including phenoxy) is 1. The second kappa shape index (κ2) is 13.0. The number of hydrogen-bond donors (Lipinski definition) is 0. The zero-order valence-corrected chi connectivity index (χ0v) is 21.8. The Morgan fingerprint density at radius 2 is 1.41 bits per heavy atom. The van der Waals surface area contributed by atoms with Crippen LogP contribution in [0.1, 0.15) is 11.7 Å². The van der Waals surface area contributed by atoms with Crippen LogP contribution in [-0.2, 0) is 29.2 Å². The van der Waals surface area contributed by atoms with Gasteiger partial charge < -0.3 is 13.8 Å². The fraction of sp³-hybridized carbons (Fsp3) is 0.200. The van der Waals surface area contributed by atoms with E-state index in [1.54, 1.807) is 18.2 Å². The van der Waals surface area contributed by atoms with E-state index in [2.05, 4.69) is 8.37 Å². The van der Waals surface area contributed by atoms with Gasteiger partial charge in [-0.1, -0.05) is 41.9 Å². The Kier molecular flexibility index (Phi) is 13.1. The summed E-state index contributed by atoms with van der Waals surface area (Å²) < 4.78 is 79.5. The standard InChI is InChI=1S/C15H15ClO9S2.2Na/c16-12-6-8-13(9-7-12)24-15(11-4-2-1-3-5-11)14(25-27(20,21)22)10-23-26(17,18)19;;/h1-9,14-15H,10H2,(H,17,18,19)(H,20,21,22);;/q;2*+1/p-2. The van der Waals surface area contributed by atoms with Gasteiger partial charge in [-0.25, -0.2) is 16.8 Å². The molecule has 9 nitrogen and oxygen atoms in total. The summed E-state index contributed by atoms with van der Waals surface area (Å²) in [6.45, 7) is -1.06. The Balaban J connectivity index is 0.00000392. The molecule has 0 aliphatic carbocycles. The maximum Gasteiger partial charge on any atom is 1.00 e. The van der Waals surface area contributed by atoms with Crippen molar-refractivity contribution in [2.75, 3.05) is 6.61 Å². The summed E-state index contributed by atoms with van der Waals surface area (Å²) in [4.78, 5) is 0. The summed E-state index contributed by atoms with van der Waals surface area (Å²) in [7, 11) is -10.4. The molecule has 0 bridgehead atoms. The van der Waals surface area contributed by atoms with E-state index in [0.717, 1.165) is 0 Å². The van der Waals surface area contributed by atoms with E-state index >= 15 is 0 Å². The van der Waals surface area contributed by atoms with Crippen LogP contribution in [0.4, 0.5) is 0 Å². The van der Waals surface area contributed by atoms with Crippen molar-refractivity contribution < 1.29 is 98.2 Å². The quantitative estimate of drug-likeness (QED) is 0.197. The maximum atomic E-state index is 11.1. The summed E-state index contributed by atoms with van der Waals surface area (Å²) in [6.07, 6.45) is -3.05. The largest absolute Gasteiger partial charge is 1.00 e. The minimum Gasteiger partial charge on any atom is -0.726 e. The predicted octanol–water partition coefficient (Wildman–Crippen LogP) is -4.21. The average molecular weight is 483 g/mol. The molecule has 2 atom stereocenters. The van der Waals surface area contributed by atoms with Gasteiger partial charge in [-0.05, 0) is 29.8 Å². The molecule has 0 heterocycles. The molecule has 148 valence electrons. The molecule has 0 fully saturated rings. The van der Waals surface area contributed by atoms with Crippen LogP contribution < -0.4 is 63.9 Å². The molecule has 2 unspecified atom stereocenters. The molecule has 29 heavy (non-hydrogen) atoms. The maximum absolute atomic E-state index is 11.1. The molecule has 0 amide bonds. The number of halogens is 1. The van der Waals surface area contributed by atoms with Crippen molar-refractivity contribution >= 4 is 32.4 Å². The molecule has 0 aromatic heterocycles. The van der Waals surface area contributed by atoms with Crippen LogP contribution in [0.2, 0.25) is 5.02 Å². The Hall–Kier alpha value is 0.270. The zero-order valence-electron chi connectivity index (χ0n) is 15.4. The fourth-order valence-electron chi connectivity index (χ4n) is 2.13. The van der Waals surface area contributed by atoms with Gasteiger partial charge in [0.05, 0.1) is 6.61 Å². The van der Waals surface area contributed by atoms with Crippen molar-refractivity contribution in [3.63, 3.8) is 0 Å². The van der Waals surface area contributed by atoms with Crippen LogP contribution in [-0.4, -0.2) is 38.7 Å². The first kappa shape index (κ1) is 29.3. The summed E-state index contributed by atoms with van der Waals surface area (Å²) in [6, 6.07) is 13.8. The van der Waals surface area contributed by atoms with Gasteiger partial charge in [0, 0.05) is 5.02 Å². The second-order valence-electron chi connectivity index (χ2n) is 5.14. The molecule has 0 saturated heterocycles. The molecule has 2 rings (SSSR count). The van der Waals surface area contributed by atoms with E-state index in [9.17, 15) is 25.9 Å². The zero-order chi connectivity index (χ0) is 20.1. The molecule has 0 N–H and O–H groups in total. The van der Waals surface area contributed by atoms with E-state index < -0.39 is 39.6 Å². The molecule has 14 heteroatoms. The normalized spacial score (nSPS) is 13.5. The molecular weight excluding hydrogens is 470 g/mol. The predicted molar refractivity (Wildman–Crippen MR) is 91.5 cm³/mol. The monoisotopic (exact) mass is 482 g/mol. The third-order valence-electron chi connectivity index (χ3n) is 3.16. The van der Waals surface area contributed by atoms with E-state index in [0.29, 0.717) is 10.6 Å². The van der Waals surface area contributed by atoms with E-state index in [1.165, 1.54) is 36.4 Å². The molecule has 0 aliphatic rings. The van der Waals surface area contributed by atoms with Crippen LogP contribution in [0.5, 0.6) is 5.75 Å². The van der Waals surface area contributed by atoms with Crippen LogP contribution in [0.15, 0.2) is 54.6 Å². The van der Waals surface area contributed by atoms with E-state index in [4.69, 9.17) is 16.3 Å².